The average molecular weight is 454 g/mol. The Labute approximate surface area is 187 Å². The number of amides is 1. The zero-order valence-corrected chi connectivity index (χ0v) is 18.9. The number of hydrogen-bond acceptors (Lipinski definition) is 4. The van der Waals surface area contributed by atoms with E-state index in [2.05, 4.69) is 10.5 Å². The minimum atomic E-state index is -3.54. The van der Waals surface area contributed by atoms with Gasteiger partial charge in [0, 0.05) is 5.56 Å². The van der Waals surface area contributed by atoms with Crippen molar-refractivity contribution in [3.63, 3.8) is 0 Å². The molecule has 0 fully saturated rings. The second-order valence-electron chi connectivity index (χ2n) is 7.39. The van der Waals surface area contributed by atoms with Gasteiger partial charge >= 0.3 is 0 Å². The minimum Gasteiger partial charge on any atom is -0.267 e. The predicted molar refractivity (Wildman–Crippen MR) is 125 cm³/mol. The number of benzene rings is 3. The summed E-state index contributed by atoms with van der Waals surface area (Å²) in [5.41, 5.74) is 6.34. The average Bonchev–Trinajstić information content (AvgIpc) is 2.76. The first kappa shape index (κ1) is 23.1. The van der Waals surface area contributed by atoms with Crippen molar-refractivity contribution in [2.45, 2.75) is 20.4 Å². The molecule has 0 bridgehead atoms. The van der Waals surface area contributed by atoms with Gasteiger partial charge in [-0.05, 0) is 66.9 Å². The fraction of sp³-hybridized carbons (Fsp3) is 0.167. The number of sulfonamides is 1. The molecular weight excluding hydrogens is 429 g/mol. The van der Waals surface area contributed by atoms with Crippen LogP contribution in [0.2, 0.25) is 0 Å². The van der Waals surface area contributed by atoms with E-state index in [9.17, 15) is 17.6 Å². The van der Waals surface area contributed by atoms with Crippen molar-refractivity contribution in [1.29, 1.82) is 0 Å². The molecule has 0 aliphatic heterocycles. The van der Waals surface area contributed by atoms with E-state index in [0.717, 1.165) is 17.4 Å². The second kappa shape index (κ2) is 9.74. The Balaban J connectivity index is 1.76. The predicted octanol–water partition coefficient (Wildman–Crippen LogP) is 4.25. The summed E-state index contributed by atoms with van der Waals surface area (Å²) in [6.07, 6.45) is 1.15. The fourth-order valence-corrected chi connectivity index (χ4v) is 3.95. The summed E-state index contributed by atoms with van der Waals surface area (Å²) in [5, 5.41) is 4.05. The van der Waals surface area contributed by atoms with Crippen molar-refractivity contribution < 1.29 is 17.6 Å². The molecule has 6 nitrogen and oxygen atoms in total. The molecule has 0 heterocycles. The molecule has 0 aliphatic rings. The number of carbonyl (C=O) groups excluding carboxylic acids is 1. The van der Waals surface area contributed by atoms with Crippen molar-refractivity contribution >= 4 is 27.3 Å². The third-order valence-corrected chi connectivity index (χ3v) is 6.12. The molecule has 1 amide bonds. The van der Waals surface area contributed by atoms with Crippen molar-refractivity contribution in [3.05, 3.63) is 101 Å². The van der Waals surface area contributed by atoms with Crippen LogP contribution < -0.4 is 9.73 Å². The van der Waals surface area contributed by atoms with Crippen molar-refractivity contribution in [2.75, 3.05) is 10.6 Å². The Kier molecular flexibility index (Phi) is 7.05. The lowest BCUT2D eigenvalue weighted by atomic mass is 10.1. The van der Waals surface area contributed by atoms with Crippen LogP contribution in [-0.4, -0.2) is 26.3 Å². The number of aryl methyl sites for hydroxylation is 1. The summed E-state index contributed by atoms with van der Waals surface area (Å²) >= 11 is 0. The lowest BCUT2D eigenvalue weighted by Crippen LogP contribution is -2.29. The van der Waals surface area contributed by atoms with Gasteiger partial charge in [-0.15, -0.1) is 0 Å². The number of carbonyl (C=O) groups is 1. The quantitative estimate of drug-likeness (QED) is 0.429. The number of anilines is 1. The van der Waals surface area contributed by atoms with Crippen LogP contribution in [0.25, 0.3) is 0 Å². The summed E-state index contributed by atoms with van der Waals surface area (Å²) in [5.74, 6) is -0.793. The first-order valence-corrected chi connectivity index (χ1v) is 11.7. The van der Waals surface area contributed by atoms with Crippen LogP contribution in [0, 0.1) is 12.7 Å². The number of nitrogens with one attached hydrogen (secondary N) is 1. The van der Waals surface area contributed by atoms with Crippen LogP contribution in [0.3, 0.4) is 0 Å². The monoisotopic (exact) mass is 453 g/mol. The number of rotatable bonds is 7. The maximum atomic E-state index is 13.0. The maximum Gasteiger partial charge on any atom is 0.271 e. The highest BCUT2D eigenvalue weighted by molar-refractivity contribution is 7.92. The van der Waals surface area contributed by atoms with Crippen LogP contribution in [-0.2, 0) is 16.6 Å². The number of hydrazone groups is 1. The first-order valence-electron chi connectivity index (χ1n) is 9.88. The van der Waals surface area contributed by atoms with E-state index in [0.29, 0.717) is 22.5 Å². The Morgan fingerprint density at radius 2 is 1.56 bits per heavy atom. The van der Waals surface area contributed by atoms with Gasteiger partial charge in [0.25, 0.3) is 5.91 Å². The third kappa shape index (κ3) is 5.79. The van der Waals surface area contributed by atoms with Gasteiger partial charge in [-0.3, -0.25) is 9.10 Å². The topological polar surface area (TPSA) is 78.8 Å². The van der Waals surface area contributed by atoms with Crippen molar-refractivity contribution in [2.24, 2.45) is 5.10 Å². The van der Waals surface area contributed by atoms with Gasteiger partial charge in [0.15, 0.2) is 0 Å². The second-order valence-corrected chi connectivity index (χ2v) is 9.29. The molecule has 1 N–H and O–H groups in total. The van der Waals surface area contributed by atoms with E-state index < -0.39 is 15.9 Å². The van der Waals surface area contributed by atoms with Crippen LogP contribution in [0.5, 0.6) is 0 Å². The Morgan fingerprint density at radius 3 is 2.16 bits per heavy atom. The zero-order chi connectivity index (χ0) is 23.3. The molecule has 0 aliphatic carbocycles. The van der Waals surface area contributed by atoms with Crippen LogP contribution in [0.1, 0.15) is 34.0 Å². The molecule has 32 heavy (non-hydrogen) atoms. The van der Waals surface area contributed by atoms with Crippen LogP contribution >= 0.6 is 0 Å². The SMILES string of the molecule is C/C(=N/NC(=O)c1ccc(N(Cc2ccccc2C)S(C)(=O)=O)cc1)c1ccc(F)cc1. The Hall–Kier alpha value is -3.52. The lowest BCUT2D eigenvalue weighted by Gasteiger charge is -2.23. The molecule has 0 atom stereocenters. The van der Waals surface area contributed by atoms with Gasteiger partial charge in [-0.2, -0.15) is 5.10 Å². The highest BCUT2D eigenvalue weighted by Gasteiger charge is 2.19. The first-order chi connectivity index (χ1) is 15.1. The Bertz CT molecular complexity index is 1240. The molecule has 0 spiro atoms. The largest absolute Gasteiger partial charge is 0.271 e. The molecular formula is C24H24FN3O3S. The summed E-state index contributed by atoms with van der Waals surface area (Å²) in [7, 11) is -3.54. The molecule has 8 heteroatoms. The summed E-state index contributed by atoms with van der Waals surface area (Å²) in [6, 6.07) is 19.6. The summed E-state index contributed by atoms with van der Waals surface area (Å²) in [4.78, 5) is 12.4. The molecule has 3 aromatic carbocycles. The van der Waals surface area contributed by atoms with Gasteiger partial charge in [0.05, 0.1) is 24.2 Å². The van der Waals surface area contributed by atoms with Crippen molar-refractivity contribution in [1.82, 2.24) is 5.43 Å². The van der Waals surface area contributed by atoms with Crippen LogP contribution in [0.15, 0.2) is 77.9 Å². The highest BCUT2D eigenvalue weighted by Crippen LogP contribution is 2.22. The molecule has 0 saturated carbocycles. The van der Waals surface area contributed by atoms with Gasteiger partial charge < -0.3 is 0 Å². The van der Waals surface area contributed by atoms with E-state index in [4.69, 9.17) is 0 Å². The maximum absolute atomic E-state index is 13.0. The minimum absolute atomic E-state index is 0.193. The van der Waals surface area contributed by atoms with E-state index >= 15 is 0 Å². The number of halogens is 1. The number of nitrogens with zero attached hydrogens (tertiary/aromatic N) is 2. The van der Waals surface area contributed by atoms with E-state index in [1.54, 1.807) is 43.3 Å². The smallest absolute Gasteiger partial charge is 0.267 e. The molecule has 166 valence electrons. The van der Waals surface area contributed by atoms with Crippen LogP contribution in [0.4, 0.5) is 10.1 Å². The van der Waals surface area contributed by atoms with E-state index in [1.807, 2.05) is 31.2 Å². The molecule has 0 unspecified atom stereocenters. The Morgan fingerprint density at radius 1 is 0.969 bits per heavy atom. The van der Waals surface area contributed by atoms with Crippen molar-refractivity contribution in [3.8, 4) is 0 Å². The highest BCUT2D eigenvalue weighted by atomic mass is 32.2. The van der Waals surface area contributed by atoms with E-state index in [1.165, 1.54) is 16.4 Å². The normalized spacial score (nSPS) is 11.8. The molecule has 3 rings (SSSR count). The molecule has 0 aromatic heterocycles. The van der Waals surface area contributed by atoms with Gasteiger partial charge in [-0.25, -0.2) is 18.2 Å². The lowest BCUT2D eigenvalue weighted by molar-refractivity contribution is 0.0955. The molecule has 0 saturated heterocycles. The van der Waals surface area contributed by atoms with Gasteiger partial charge in [0.2, 0.25) is 10.0 Å². The summed E-state index contributed by atoms with van der Waals surface area (Å²) in [6.45, 7) is 3.82. The van der Waals surface area contributed by atoms with Gasteiger partial charge in [0.1, 0.15) is 5.82 Å². The standard InChI is InChI=1S/C24H24FN3O3S/c1-17-6-4-5-7-21(17)16-28(32(3,30)31)23-14-10-20(11-15-23)24(29)27-26-18(2)19-8-12-22(25)13-9-19/h4-15H,16H2,1-3H3,(H,27,29)/b26-18-. The van der Waals surface area contributed by atoms with Gasteiger partial charge in [-0.1, -0.05) is 36.4 Å². The fourth-order valence-electron chi connectivity index (χ4n) is 3.08. The summed E-state index contributed by atoms with van der Waals surface area (Å²) < 4.78 is 39.1. The zero-order valence-electron chi connectivity index (χ0n) is 18.0. The van der Waals surface area contributed by atoms with E-state index in [-0.39, 0.29) is 12.4 Å². The molecule has 3 aromatic rings. The third-order valence-electron chi connectivity index (χ3n) is 4.98. The molecule has 0 radical (unpaired) electrons. The number of hydrogen-bond donors (Lipinski definition) is 1.